The summed E-state index contributed by atoms with van der Waals surface area (Å²) in [5, 5.41) is 13.8. The minimum Gasteiger partial charge on any atom is -0.507 e. The summed E-state index contributed by atoms with van der Waals surface area (Å²) in [7, 11) is 0. The van der Waals surface area contributed by atoms with E-state index in [2.05, 4.69) is 5.10 Å². The molecule has 1 N–H and O–H groups in total. The van der Waals surface area contributed by atoms with Gasteiger partial charge in [-0.15, -0.1) is 0 Å². The van der Waals surface area contributed by atoms with Gasteiger partial charge in [0.25, 0.3) is 0 Å². The van der Waals surface area contributed by atoms with E-state index in [4.69, 9.17) is 4.74 Å². The highest BCUT2D eigenvalue weighted by Gasteiger charge is 2.16. The van der Waals surface area contributed by atoms with Crippen molar-refractivity contribution >= 4 is 11.9 Å². The van der Waals surface area contributed by atoms with E-state index in [1.54, 1.807) is 18.2 Å². The van der Waals surface area contributed by atoms with Crippen molar-refractivity contribution in [3.05, 3.63) is 30.3 Å². The molecule has 0 aliphatic carbocycles. The molecule has 0 saturated carbocycles. The number of phenolic OH excluding ortho intramolecular Hbond substituents is 1. The molecular weight excluding hydrogens is 248 g/mol. The molecule has 0 bridgehead atoms. The van der Waals surface area contributed by atoms with E-state index < -0.39 is 11.9 Å². The second-order valence-electron chi connectivity index (χ2n) is 3.91. The number of carbonyl (C=O) groups excluding carboxylic acids is 2. The van der Waals surface area contributed by atoms with Crippen LogP contribution in [0.4, 0.5) is 0 Å². The lowest BCUT2D eigenvalue weighted by Crippen LogP contribution is -2.13. The van der Waals surface area contributed by atoms with E-state index in [1.807, 2.05) is 0 Å². The van der Waals surface area contributed by atoms with Gasteiger partial charge in [0.2, 0.25) is 11.8 Å². The number of esters is 1. The standard InChI is InChI=1S/C13H12N2O4/c1-8(16)15-13(19-9(2)17)7-11(14-15)10-5-3-4-6-12(10)18/h3-7,18H,1-2H3. The Labute approximate surface area is 109 Å². The maximum Gasteiger partial charge on any atom is 0.309 e. The van der Waals surface area contributed by atoms with Crippen LogP contribution in [0.1, 0.15) is 18.6 Å². The lowest BCUT2D eigenvalue weighted by Gasteiger charge is -2.00. The molecule has 0 aliphatic heterocycles. The third-order valence-corrected chi connectivity index (χ3v) is 2.40. The summed E-state index contributed by atoms with van der Waals surface area (Å²) < 4.78 is 5.88. The molecule has 0 aliphatic rings. The average molecular weight is 260 g/mol. The van der Waals surface area contributed by atoms with Crippen molar-refractivity contribution < 1.29 is 19.4 Å². The molecule has 19 heavy (non-hydrogen) atoms. The van der Waals surface area contributed by atoms with E-state index >= 15 is 0 Å². The highest BCUT2D eigenvalue weighted by molar-refractivity contribution is 5.80. The maximum absolute atomic E-state index is 11.4. The Morgan fingerprint density at radius 2 is 1.95 bits per heavy atom. The van der Waals surface area contributed by atoms with Gasteiger partial charge >= 0.3 is 5.97 Å². The molecule has 98 valence electrons. The fraction of sp³-hybridized carbons (Fsp3) is 0.154. The number of phenols is 1. The number of ether oxygens (including phenoxy) is 1. The molecule has 6 heteroatoms. The number of aromatic hydroxyl groups is 1. The largest absolute Gasteiger partial charge is 0.507 e. The molecule has 1 aromatic carbocycles. The van der Waals surface area contributed by atoms with Gasteiger partial charge in [0.05, 0.1) is 0 Å². The van der Waals surface area contributed by atoms with Gasteiger partial charge in [-0.3, -0.25) is 9.59 Å². The first-order chi connectivity index (χ1) is 8.99. The summed E-state index contributed by atoms with van der Waals surface area (Å²) in [4.78, 5) is 22.4. The van der Waals surface area contributed by atoms with Gasteiger partial charge < -0.3 is 9.84 Å². The first-order valence-electron chi connectivity index (χ1n) is 5.57. The van der Waals surface area contributed by atoms with Gasteiger partial charge in [-0.05, 0) is 12.1 Å². The van der Waals surface area contributed by atoms with Crippen LogP contribution in [0.15, 0.2) is 30.3 Å². The van der Waals surface area contributed by atoms with E-state index in [0.29, 0.717) is 11.3 Å². The summed E-state index contributed by atoms with van der Waals surface area (Å²) in [6.45, 7) is 2.53. The number of benzene rings is 1. The number of aromatic nitrogens is 2. The quantitative estimate of drug-likeness (QED) is 0.833. The Hall–Kier alpha value is -2.63. The Morgan fingerprint density at radius 1 is 1.26 bits per heavy atom. The molecule has 2 rings (SSSR count). The number of hydrogen-bond acceptors (Lipinski definition) is 5. The molecule has 0 spiro atoms. The van der Waals surface area contributed by atoms with Crippen LogP contribution >= 0.6 is 0 Å². The van der Waals surface area contributed by atoms with Gasteiger partial charge in [0, 0.05) is 25.5 Å². The Morgan fingerprint density at radius 3 is 2.53 bits per heavy atom. The van der Waals surface area contributed by atoms with Crippen molar-refractivity contribution in [2.24, 2.45) is 0 Å². The van der Waals surface area contributed by atoms with Crippen molar-refractivity contribution in [2.45, 2.75) is 13.8 Å². The predicted molar refractivity (Wildman–Crippen MR) is 66.9 cm³/mol. The van der Waals surface area contributed by atoms with Crippen molar-refractivity contribution in [1.29, 1.82) is 0 Å². The molecule has 1 heterocycles. The molecule has 0 unspecified atom stereocenters. The summed E-state index contributed by atoms with van der Waals surface area (Å²) in [6, 6.07) is 7.99. The van der Waals surface area contributed by atoms with Crippen LogP contribution in [0, 0.1) is 0 Å². The van der Waals surface area contributed by atoms with Crippen molar-refractivity contribution in [1.82, 2.24) is 9.78 Å². The lowest BCUT2D eigenvalue weighted by molar-refractivity contribution is -0.132. The highest BCUT2D eigenvalue weighted by atomic mass is 16.5. The Kier molecular flexibility index (Phi) is 3.33. The number of para-hydroxylation sites is 1. The summed E-state index contributed by atoms with van der Waals surface area (Å²) >= 11 is 0. The molecule has 0 amide bonds. The first kappa shape index (κ1) is 12.8. The van der Waals surface area contributed by atoms with Crippen LogP contribution < -0.4 is 4.74 Å². The Balaban J connectivity index is 2.52. The second kappa shape index (κ2) is 4.93. The number of rotatable bonds is 2. The second-order valence-corrected chi connectivity index (χ2v) is 3.91. The van der Waals surface area contributed by atoms with Gasteiger partial charge in [0.1, 0.15) is 11.4 Å². The molecular formula is C13H12N2O4. The van der Waals surface area contributed by atoms with Crippen LogP contribution in [0.2, 0.25) is 0 Å². The van der Waals surface area contributed by atoms with E-state index in [1.165, 1.54) is 26.0 Å². The summed E-state index contributed by atoms with van der Waals surface area (Å²) in [6.07, 6.45) is 0. The minimum absolute atomic E-state index is 0.0262. The summed E-state index contributed by atoms with van der Waals surface area (Å²) in [5.74, 6) is -0.882. The van der Waals surface area contributed by atoms with E-state index in [0.717, 1.165) is 4.68 Å². The van der Waals surface area contributed by atoms with E-state index in [-0.39, 0.29) is 11.6 Å². The first-order valence-corrected chi connectivity index (χ1v) is 5.57. The lowest BCUT2D eigenvalue weighted by atomic mass is 10.1. The average Bonchev–Trinajstić information content (AvgIpc) is 2.72. The molecule has 0 saturated heterocycles. The van der Waals surface area contributed by atoms with Gasteiger partial charge in [0.15, 0.2) is 0 Å². The van der Waals surface area contributed by atoms with Gasteiger partial charge in [-0.25, -0.2) is 0 Å². The SMILES string of the molecule is CC(=O)Oc1cc(-c2ccccc2O)nn1C(C)=O. The number of hydrogen-bond donors (Lipinski definition) is 1. The monoisotopic (exact) mass is 260 g/mol. The molecule has 6 nitrogen and oxygen atoms in total. The zero-order chi connectivity index (χ0) is 14.0. The normalized spacial score (nSPS) is 10.2. The van der Waals surface area contributed by atoms with Crippen LogP contribution in [0.3, 0.4) is 0 Å². The van der Waals surface area contributed by atoms with Crippen molar-refractivity contribution in [3.63, 3.8) is 0 Å². The zero-order valence-electron chi connectivity index (χ0n) is 10.5. The zero-order valence-corrected chi connectivity index (χ0v) is 10.5. The van der Waals surface area contributed by atoms with Gasteiger partial charge in [-0.1, -0.05) is 12.1 Å². The van der Waals surface area contributed by atoms with Crippen molar-refractivity contribution in [2.75, 3.05) is 0 Å². The maximum atomic E-state index is 11.4. The third kappa shape index (κ3) is 2.62. The van der Waals surface area contributed by atoms with Gasteiger partial charge in [-0.2, -0.15) is 9.78 Å². The van der Waals surface area contributed by atoms with Crippen LogP contribution in [0.25, 0.3) is 11.3 Å². The van der Waals surface area contributed by atoms with Crippen LogP contribution in [-0.2, 0) is 4.79 Å². The minimum atomic E-state index is -0.550. The molecule has 0 atom stereocenters. The predicted octanol–water partition coefficient (Wildman–Crippen LogP) is 1.84. The number of carbonyl (C=O) groups is 2. The third-order valence-electron chi connectivity index (χ3n) is 2.40. The molecule has 1 aromatic heterocycles. The molecule has 0 fully saturated rings. The van der Waals surface area contributed by atoms with Crippen molar-refractivity contribution in [3.8, 4) is 22.9 Å². The molecule has 2 aromatic rings. The smallest absolute Gasteiger partial charge is 0.309 e. The fourth-order valence-electron chi connectivity index (χ4n) is 1.63. The van der Waals surface area contributed by atoms with E-state index in [9.17, 15) is 14.7 Å². The molecule has 0 radical (unpaired) electrons. The Bertz CT molecular complexity index is 646. The summed E-state index contributed by atoms with van der Waals surface area (Å²) in [5.41, 5.74) is 0.806. The van der Waals surface area contributed by atoms with Crippen LogP contribution in [0.5, 0.6) is 11.6 Å². The van der Waals surface area contributed by atoms with Crippen LogP contribution in [-0.4, -0.2) is 26.8 Å². The highest BCUT2D eigenvalue weighted by Crippen LogP contribution is 2.30. The topological polar surface area (TPSA) is 81.4 Å². The fourth-order valence-corrected chi connectivity index (χ4v) is 1.63. The number of nitrogens with zero attached hydrogens (tertiary/aromatic N) is 2.